The van der Waals surface area contributed by atoms with Gasteiger partial charge in [0.25, 0.3) is 0 Å². The second-order valence-corrected chi connectivity index (χ2v) is 12.6. The molecular formula is C26H46N6O7S. The molecule has 0 unspecified atom stereocenters. The van der Waals surface area contributed by atoms with E-state index in [0.29, 0.717) is 37.6 Å². The largest absolute Gasteiger partial charge is 0.465 e. The van der Waals surface area contributed by atoms with Crippen molar-refractivity contribution in [3.8, 4) is 0 Å². The number of ether oxygens (including phenoxy) is 1. The molecule has 40 heavy (non-hydrogen) atoms. The molecule has 0 aromatic carbocycles. The lowest BCUT2D eigenvalue weighted by atomic mass is 10.0. The van der Waals surface area contributed by atoms with Crippen molar-refractivity contribution in [3.63, 3.8) is 0 Å². The lowest BCUT2D eigenvalue weighted by molar-refractivity contribution is -0.134. The van der Waals surface area contributed by atoms with Gasteiger partial charge in [0.15, 0.2) is 0 Å². The van der Waals surface area contributed by atoms with Crippen molar-refractivity contribution in [2.45, 2.75) is 94.7 Å². The van der Waals surface area contributed by atoms with Crippen LogP contribution >= 0.6 is 11.8 Å². The molecule has 0 aromatic rings. The van der Waals surface area contributed by atoms with Crippen molar-refractivity contribution < 1.29 is 33.8 Å². The van der Waals surface area contributed by atoms with E-state index in [1.807, 2.05) is 11.8 Å². The van der Waals surface area contributed by atoms with Crippen molar-refractivity contribution in [2.24, 2.45) is 0 Å². The molecule has 228 valence electrons. The summed E-state index contributed by atoms with van der Waals surface area (Å²) < 4.78 is 5.17. The van der Waals surface area contributed by atoms with Gasteiger partial charge in [-0.15, -0.1) is 0 Å². The Balaban J connectivity index is 1.65. The lowest BCUT2D eigenvalue weighted by Gasteiger charge is -2.26. The number of hydrogen-bond donors (Lipinski definition) is 5. The molecule has 5 N–H and O–H groups in total. The smallest absolute Gasteiger partial charge is 0.407 e. The minimum Gasteiger partial charge on any atom is -0.465 e. The third-order valence-electron chi connectivity index (χ3n) is 6.82. The van der Waals surface area contributed by atoms with Gasteiger partial charge >= 0.3 is 18.2 Å². The average molecular weight is 587 g/mol. The van der Waals surface area contributed by atoms with Crippen LogP contribution in [-0.2, 0) is 14.3 Å². The van der Waals surface area contributed by atoms with Gasteiger partial charge < -0.3 is 40.9 Å². The second kappa shape index (κ2) is 15.8. The fourth-order valence-electron chi connectivity index (χ4n) is 4.64. The van der Waals surface area contributed by atoms with Crippen LogP contribution < -0.4 is 21.3 Å². The topological polar surface area (TPSA) is 169 Å². The molecule has 0 bridgehead atoms. The number of rotatable bonds is 15. The summed E-state index contributed by atoms with van der Waals surface area (Å²) in [4.78, 5) is 63.0. The summed E-state index contributed by atoms with van der Waals surface area (Å²) in [6.07, 6.45) is 2.53. The summed E-state index contributed by atoms with van der Waals surface area (Å²) in [5, 5.41) is 20.4. The quantitative estimate of drug-likeness (QED) is 0.143. The molecule has 0 spiro atoms. The molecule has 0 saturated carbocycles. The molecule has 2 aliphatic heterocycles. The number of nitrogens with one attached hydrogen (secondary N) is 4. The monoisotopic (exact) mass is 586 g/mol. The number of likely N-dealkylation sites (N-methyl/N-ethyl adjacent to an activating group) is 2. The minimum atomic E-state index is -1.29. The fourth-order valence-corrected chi connectivity index (χ4v) is 6.18. The van der Waals surface area contributed by atoms with E-state index in [1.165, 1.54) is 4.90 Å². The summed E-state index contributed by atoms with van der Waals surface area (Å²) in [7, 11) is 3.28. The third kappa shape index (κ3) is 11.7. The molecule has 2 aliphatic rings. The van der Waals surface area contributed by atoms with E-state index in [0.717, 1.165) is 25.0 Å². The number of carboxylic acid groups (broad SMARTS) is 1. The number of thioether (sulfide) groups is 1. The Morgan fingerprint density at radius 3 is 2.45 bits per heavy atom. The zero-order chi connectivity index (χ0) is 29.9. The third-order valence-corrected chi connectivity index (χ3v) is 8.33. The van der Waals surface area contributed by atoms with Crippen LogP contribution in [0, 0.1) is 0 Å². The maximum Gasteiger partial charge on any atom is 0.407 e. The first kappa shape index (κ1) is 33.3. The second-order valence-electron chi connectivity index (χ2n) is 11.4. The van der Waals surface area contributed by atoms with Crippen LogP contribution in [0.4, 0.5) is 14.4 Å². The highest BCUT2D eigenvalue weighted by molar-refractivity contribution is 8.00. The number of fused-ring (bicyclic) bond motifs is 1. The zero-order valence-electron chi connectivity index (χ0n) is 24.3. The van der Waals surface area contributed by atoms with E-state index >= 15 is 0 Å². The van der Waals surface area contributed by atoms with Crippen molar-refractivity contribution in [1.82, 2.24) is 31.1 Å². The molecule has 2 fully saturated rings. The summed E-state index contributed by atoms with van der Waals surface area (Å²) in [6.45, 7) is 6.27. The normalized spacial score (nSPS) is 20.5. The van der Waals surface area contributed by atoms with Crippen LogP contribution in [0.1, 0.15) is 65.7 Å². The van der Waals surface area contributed by atoms with Crippen molar-refractivity contribution >= 4 is 41.8 Å². The molecule has 13 nitrogen and oxygen atoms in total. The van der Waals surface area contributed by atoms with E-state index in [-0.39, 0.29) is 42.9 Å². The number of unbranched alkanes of at least 4 members (excludes halogenated alkanes) is 2. The van der Waals surface area contributed by atoms with Crippen molar-refractivity contribution in [3.05, 3.63) is 0 Å². The number of urea groups is 1. The first-order valence-electron chi connectivity index (χ1n) is 13.9. The van der Waals surface area contributed by atoms with E-state index < -0.39 is 23.8 Å². The summed E-state index contributed by atoms with van der Waals surface area (Å²) in [5.74, 6) is 0.534. The van der Waals surface area contributed by atoms with Crippen LogP contribution in [0.2, 0.25) is 0 Å². The van der Waals surface area contributed by atoms with Gasteiger partial charge in [-0.3, -0.25) is 9.59 Å². The predicted octanol–water partition coefficient (Wildman–Crippen LogP) is 1.96. The maximum absolute atomic E-state index is 12.9. The Hall–Kier alpha value is -2.90. The van der Waals surface area contributed by atoms with E-state index in [2.05, 4.69) is 21.3 Å². The molecule has 0 aliphatic carbocycles. The standard InChI is InChI=1S/C26H46N6O7S/c1-26(2,3)39-25(38)27-13-9-8-10-17(29-24(36)37)22(34)32(5)15-14-31(4)20(33)12-7-6-11-19-21-18(16-40-19)28-23(35)30-21/h17-19,21,29H,6-16H2,1-5H3,(H,27,38)(H,36,37)(H2,28,30,35)/t17-,18+,19+,21+/m0/s1. The number of carbonyl (C=O) groups is 5. The predicted molar refractivity (Wildman–Crippen MR) is 152 cm³/mol. The molecule has 0 radical (unpaired) electrons. The molecule has 4 atom stereocenters. The highest BCUT2D eigenvalue weighted by atomic mass is 32.2. The van der Waals surface area contributed by atoms with Gasteiger partial charge in [-0.25, -0.2) is 14.4 Å². The summed E-state index contributed by atoms with van der Waals surface area (Å²) >= 11 is 1.86. The Bertz CT molecular complexity index is 899. The van der Waals surface area contributed by atoms with Crippen LogP contribution in [0.15, 0.2) is 0 Å². The fraction of sp³-hybridized carbons (Fsp3) is 0.808. The minimum absolute atomic E-state index is 0.00802. The Labute approximate surface area is 240 Å². The molecule has 0 aromatic heterocycles. The Morgan fingerprint density at radius 1 is 1.07 bits per heavy atom. The Kier molecular flexibility index (Phi) is 13.1. The molecule has 2 rings (SSSR count). The van der Waals surface area contributed by atoms with Crippen molar-refractivity contribution in [2.75, 3.05) is 39.5 Å². The van der Waals surface area contributed by atoms with E-state index in [4.69, 9.17) is 4.74 Å². The number of amides is 6. The van der Waals surface area contributed by atoms with Gasteiger partial charge in [0.2, 0.25) is 11.8 Å². The lowest BCUT2D eigenvalue weighted by Crippen LogP contribution is -2.48. The highest BCUT2D eigenvalue weighted by Gasteiger charge is 2.42. The average Bonchev–Trinajstić information content (AvgIpc) is 3.41. The Morgan fingerprint density at radius 2 is 1.77 bits per heavy atom. The number of carbonyl (C=O) groups excluding carboxylic acids is 4. The summed E-state index contributed by atoms with van der Waals surface area (Å²) in [5.41, 5.74) is -0.594. The first-order chi connectivity index (χ1) is 18.8. The number of alkyl carbamates (subject to hydrolysis) is 1. The van der Waals surface area contributed by atoms with Crippen LogP contribution in [0.3, 0.4) is 0 Å². The summed E-state index contributed by atoms with van der Waals surface area (Å²) in [6, 6.07) is -0.658. The van der Waals surface area contributed by atoms with Crippen LogP contribution in [0.25, 0.3) is 0 Å². The number of hydrogen-bond acceptors (Lipinski definition) is 7. The molecule has 2 saturated heterocycles. The molecule has 6 amide bonds. The molecule has 2 heterocycles. The van der Waals surface area contributed by atoms with Gasteiger partial charge in [-0.1, -0.05) is 6.42 Å². The highest BCUT2D eigenvalue weighted by Crippen LogP contribution is 2.33. The van der Waals surface area contributed by atoms with E-state index in [1.54, 1.807) is 39.8 Å². The van der Waals surface area contributed by atoms with Gasteiger partial charge in [-0.2, -0.15) is 11.8 Å². The van der Waals surface area contributed by atoms with Crippen LogP contribution in [0.5, 0.6) is 0 Å². The van der Waals surface area contributed by atoms with E-state index in [9.17, 15) is 29.1 Å². The zero-order valence-corrected chi connectivity index (χ0v) is 25.1. The van der Waals surface area contributed by atoms with Gasteiger partial charge in [0.1, 0.15) is 11.6 Å². The van der Waals surface area contributed by atoms with Crippen LogP contribution in [-0.4, -0.2) is 113 Å². The SMILES string of the molecule is CN(CCN(C)C(=O)[C@H](CCCCNC(=O)OC(C)(C)C)NC(=O)O)C(=O)CCCC[C@H]1SC[C@H]2NC(=O)N[C@H]21. The maximum atomic E-state index is 12.9. The first-order valence-corrected chi connectivity index (χ1v) is 15.0. The van der Waals surface area contributed by atoms with Gasteiger partial charge in [0.05, 0.1) is 12.1 Å². The van der Waals surface area contributed by atoms with Gasteiger partial charge in [-0.05, 0) is 52.9 Å². The number of nitrogens with zero attached hydrogens (tertiary/aromatic N) is 2. The van der Waals surface area contributed by atoms with Gasteiger partial charge in [0, 0.05) is 51.2 Å². The molecular weight excluding hydrogens is 540 g/mol. The van der Waals surface area contributed by atoms with Crippen molar-refractivity contribution in [1.29, 1.82) is 0 Å². The molecule has 14 heteroatoms.